The second-order valence-corrected chi connectivity index (χ2v) is 12.0. The van der Waals surface area contributed by atoms with Gasteiger partial charge in [0.15, 0.2) is 5.75 Å². The lowest BCUT2D eigenvalue weighted by atomic mass is 9.94. The second-order valence-electron chi connectivity index (χ2n) is 12.0. The first kappa shape index (κ1) is 30.1. The van der Waals surface area contributed by atoms with Gasteiger partial charge < -0.3 is 33.6 Å². The molecule has 7 heteroatoms. The Bertz CT molecular complexity index is 2190. The van der Waals surface area contributed by atoms with Gasteiger partial charge in [0.05, 0.1) is 49.5 Å². The number of phenols is 1. The van der Waals surface area contributed by atoms with E-state index in [1.807, 2.05) is 56.3 Å². The molecule has 0 aliphatic rings. The molecule has 0 radical (unpaired) electrons. The first-order valence-electron chi connectivity index (χ1n) is 15.8. The number of aryl methyl sites for hydroxylation is 2. The lowest BCUT2D eigenvalue weighted by Gasteiger charge is -2.16. The number of nitrogens with one attached hydrogen (secondary N) is 1. The Morgan fingerprint density at radius 3 is 2.00 bits per heavy atom. The summed E-state index contributed by atoms with van der Waals surface area (Å²) in [5.41, 5.74) is 8.23. The molecule has 0 aliphatic heterocycles. The number of nitrogens with zero attached hydrogens (tertiary/aromatic N) is 1. The Balaban J connectivity index is 1.61. The summed E-state index contributed by atoms with van der Waals surface area (Å²) in [7, 11) is 5.10. The van der Waals surface area contributed by atoms with Crippen molar-refractivity contribution in [3.8, 4) is 51.0 Å². The first-order valence-corrected chi connectivity index (χ1v) is 15.8. The van der Waals surface area contributed by atoms with Crippen LogP contribution < -0.4 is 18.9 Å². The summed E-state index contributed by atoms with van der Waals surface area (Å²) < 4.78 is 26.0. The van der Waals surface area contributed by atoms with Crippen molar-refractivity contribution in [1.29, 1.82) is 0 Å². The van der Waals surface area contributed by atoms with E-state index >= 15 is 0 Å². The number of rotatable bonds is 10. The molecule has 0 saturated carbocycles. The van der Waals surface area contributed by atoms with Gasteiger partial charge in [-0.1, -0.05) is 48.5 Å². The Labute approximate surface area is 273 Å². The number of methoxy groups -OCH3 is 3. The van der Waals surface area contributed by atoms with Gasteiger partial charge in [0.1, 0.15) is 23.0 Å². The maximum atomic E-state index is 9.89. The van der Waals surface area contributed by atoms with Crippen LogP contribution in [0.5, 0.6) is 28.7 Å². The van der Waals surface area contributed by atoms with Crippen LogP contribution in [0.3, 0.4) is 0 Å². The molecule has 0 atom stereocenters. The van der Waals surface area contributed by atoms with Crippen LogP contribution in [-0.2, 0) is 13.0 Å². The van der Waals surface area contributed by atoms with Crippen LogP contribution in [-0.4, -0.2) is 42.1 Å². The van der Waals surface area contributed by atoms with Gasteiger partial charge in [-0.25, -0.2) is 0 Å². The van der Waals surface area contributed by atoms with Crippen LogP contribution in [0.15, 0.2) is 97.2 Å². The van der Waals surface area contributed by atoms with Crippen LogP contribution in [0.4, 0.5) is 0 Å². The number of para-hydroxylation sites is 1. The van der Waals surface area contributed by atoms with Crippen LogP contribution >= 0.6 is 0 Å². The van der Waals surface area contributed by atoms with E-state index in [0.717, 1.165) is 89.9 Å². The van der Waals surface area contributed by atoms with E-state index in [0.29, 0.717) is 6.54 Å². The Hall–Kier alpha value is -5.56. The monoisotopic (exact) mass is 626 g/mol. The third kappa shape index (κ3) is 5.37. The number of aromatic hydroxyl groups is 1. The van der Waals surface area contributed by atoms with Gasteiger partial charge in [0, 0.05) is 34.5 Å². The zero-order chi connectivity index (χ0) is 32.7. The van der Waals surface area contributed by atoms with Crippen LogP contribution in [0.2, 0.25) is 0 Å². The smallest absolute Gasteiger partial charge is 0.152 e. The Morgan fingerprint density at radius 2 is 1.38 bits per heavy atom. The molecule has 5 aromatic carbocycles. The van der Waals surface area contributed by atoms with E-state index in [2.05, 4.69) is 52.1 Å². The SMILES string of the molecule is COc1ccc(-c2cn(CCc3ccc(O)cc3)c3c(-c4ccc(OC)cc4)c(OC)c4[nH]c5c(OC(C)C)cccc5c4c23)cc1. The minimum atomic E-state index is 0.0135. The highest BCUT2D eigenvalue weighted by molar-refractivity contribution is 6.29. The Morgan fingerprint density at radius 1 is 0.723 bits per heavy atom. The molecule has 0 fully saturated rings. The summed E-state index contributed by atoms with van der Waals surface area (Å²) >= 11 is 0. The summed E-state index contributed by atoms with van der Waals surface area (Å²) in [5, 5.41) is 13.2. The number of aromatic nitrogens is 2. The quantitative estimate of drug-likeness (QED) is 0.158. The van der Waals surface area contributed by atoms with Gasteiger partial charge in [-0.2, -0.15) is 0 Å². The highest BCUT2D eigenvalue weighted by Crippen LogP contribution is 2.50. The molecule has 2 aromatic heterocycles. The summed E-state index contributed by atoms with van der Waals surface area (Å²) in [6.07, 6.45) is 3.04. The summed E-state index contributed by atoms with van der Waals surface area (Å²) in [4.78, 5) is 3.74. The van der Waals surface area contributed by atoms with E-state index in [4.69, 9.17) is 18.9 Å². The number of benzene rings is 5. The fourth-order valence-corrected chi connectivity index (χ4v) is 6.59. The van der Waals surface area contributed by atoms with Gasteiger partial charge in [0.2, 0.25) is 0 Å². The summed E-state index contributed by atoms with van der Waals surface area (Å²) in [6, 6.07) is 30.0. The molecule has 2 N–H and O–H groups in total. The van der Waals surface area contributed by atoms with Crippen molar-refractivity contribution in [2.24, 2.45) is 0 Å². The van der Waals surface area contributed by atoms with Crippen LogP contribution in [0, 0.1) is 0 Å². The maximum Gasteiger partial charge on any atom is 0.152 e. The van der Waals surface area contributed by atoms with Gasteiger partial charge in [0.25, 0.3) is 0 Å². The summed E-state index contributed by atoms with van der Waals surface area (Å²) in [5.74, 6) is 3.41. The van der Waals surface area contributed by atoms with Crippen molar-refractivity contribution >= 4 is 32.7 Å². The number of phenolic OH excluding ortho intramolecular Hbond substituents is 1. The van der Waals surface area contributed by atoms with Crippen molar-refractivity contribution in [3.63, 3.8) is 0 Å². The molecule has 0 amide bonds. The molecule has 7 rings (SSSR count). The normalized spacial score (nSPS) is 11.5. The molecule has 0 spiro atoms. The number of hydrogen-bond acceptors (Lipinski definition) is 5. The molecule has 238 valence electrons. The van der Waals surface area contributed by atoms with Gasteiger partial charge >= 0.3 is 0 Å². The van der Waals surface area contributed by atoms with Crippen molar-refractivity contribution < 1.29 is 24.1 Å². The molecular formula is C40H38N2O5. The molecule has 47 heavy (non-hydrogen) atoms. The average Bonchev–Trinajstić information content (AvgIpc) is 3.67. The van der Waals surface area contributed by atoms with Crippen molar-refractivity contribution in [1.82, 2.24) is 9.55 Å². The van der Waals surface area contributed by atoms with E-state index in [1.165, 1.54) is 0 Å². The van der Waals surface area contributed by atoms with Gasteiger partial charge in [-0.15, -0.1) is 0 Å². The number of ether oxygens (including phenoxy) is 4. The first-order chi connectivity index (χ1) is 22.9. The number of H-pyrrole nitrogens is 1. The predicted octanol–water partition coefficient (Wildman–Crippen LogP) is 9.37. The molecule has 2 heterocycles. The minimum absolute atomic E-state index is 0.0135. The fourth-order valence-electron chi connectivity index (χ4n) is 6.59. The van der Waals surface area contributed by atoms with Crippen molar-refractivity contribution in [3.05, 3.63) is 103 Å². The standard InChI is InChI=1S/C40H38N2O5/c1-24(2)47-33-8-6-7-31-35-36-32(26-11-17-29(44-3)18-12-26)23-42(22-21-25-9-15-28(43)16-10-25)39(36)34(27-13-19-30(45-4)20-14-27)40(46-5)38(35)41-37(31)33/h6-20,23-24,41,43H,21-22H2,1-5H3. The van der Waals surface area contributed by atoms with Crippen molar-refractivity contribution in [2.75, 3.05) is 21.3 Å². The highest BCUT2D eigenvalue weighted by atomic mass is 16.5. The lowest BCUT2D eigenvalue weighted by molar-refractivity contribution is 0.245. The topological polar surface area (TPSA) is 77.9 Å². The van der Waals surface area contributed by atoms with Gasteiger partial charge in [-0.3, -0.25) is 0 Å². The average molecular weight is 627 g/mol. The molecule has 7 nitrogen and oxygen atoms in total. The molecule has 0 aliphatic carbocycles. The zero-order valence-electron chi connectivity index (χ0n) is 27.3. The molecule has 0 saturated heterocycles. The van der Waals surface area contributed by atoms with E-state index < -0.39 is 0 Å². The maximum absolute atomic E-state index is 9.89. The fraction of sp³-hybridized carbons (Fsp3) is 0.200. The number of aromatic amines is 1. The highest BCUT2D eigenvalue weighted by Gasteiger charge is 2.27. The van der Waals surface area contributed by atoms with E-state index in [1.54, 1.807) is 33.5 Å². The molecule has 7 aromatic rings. The second kappa shape index (κ2) is 12.3. The summed E-state index contributed by atoms with van der Waals surface area (Å²) in [6.45, 7) is 4.79. The molecular weight excluding hydrogens is 588 g/mol. The van der Waals surface area contributed by atoms with Crippen LogP contribution in [0.1, 0.15) is 19.4 Å². The predicted molar refractivity (Wildman–Crippen MR) is 189 cm³/mol. The minimum Gasteiger partial charge on any atom is -0.508 e. The third-order valence-electron chi connectivity index (χ3n) is 8.74. The van der Waals surface area contributed by atoms with E-state index in [-0.39, 0.29) is 11.9 Å². The lowest BCUT2D eigenvalue weighted by Crippen LogP contribution is -2.05. The van der Waals surface area contributed by atoms with Crippen LogP contribution in [0.25, 0.3) is 55.0 Å². The van der Waals surface area contributed by atoms with E-state index in [9.17, 15) is 5.11 Å². The zero-order valence-corrected chi connectivity index (χ0v) is 27.3. The third-order valence-corrected chi connectivity index (χ3v) is 8.74. The Kier molecular flexibility index (Phi) is 7.90. The molecule has 0 bridgehead atoms. The largest absolute Gasteiger partial charge is 0.508 e. The number of hydrogen-bond donors (Lipinski definition) is 2. The van der Waals surface area contributed by atoms with Crippen molar-refractivity contribution in [2.45, 2.75) is 32.9 Å². The number of fused-ring (bicyclic) bond motifs is 5. The molecule has 0 unspecified atom stereocenters. The van der Waals surface area contributed by atoms with Gasteiger partial charge in [-0.05, 0) is 79.4 Å².